The van der Waals surface area contributed by atoms with Crippen molar-refractivity contribution in [1.29, 1.82) is 0 Å². The van der Waals surface area contributed by atoms with Crippen molar-refractivity contribution in [3.05, 3.63) is 82.1 Å². The molecule has 6 heteroatoms. The summed E-state index contributed by atoms with van der Waals surface area (Å²) in [6.07, 6.45) is 5.52. The number of pyridine rings is 2. The van der Waals surface area contributed by atoms with Gasteiger partial charge in [-0.05, 0) is 55.0 Å². The SMILES string of the molecule is Cc1ccc([C@H]2[C@@H](c3ccccn3)NC(=S)N2Cc2cccnc2)s1. The van der Waals surface area contributed by atoms with Crippen molar-refractivity contribution in [3.63, 3.8) is 0 Å². The average molecular weight is 367 g/mol. The summed E-state index contributed by atoms with van der Waals surface area (Å²) in [6, 6.07) is 14.6. The summed E-state index contributed by atoms with van der Waals surface area (Å²) in [5.74, 6) is 0. The van der Waals surface area contributed by atoms with Crippen LogP contribution in [0.4, 0.5) is 0 Å². The van der Waals surface area contributed by atoms with E-state index in [0.29, 0.717) is 0 Å². The molecule has 0 radical (unpaired) electrons. The van der Waals surface area contributed by atoms with Crippen LogP contribution in [0.2, 0.25) is 0 Å². The van der Waals surface area contributed by atoms with Crippen LogP contribution in [-0.2, 0) is 6.54 Å². The Morgan fingerprint density at radius 1 is 1.16 bits per heavy atom. The summed E-state index contributed by atoms with van der Waals surface area (Å²) in [6.45, 7) is 2.86. The third-order valence-electron chi connectivity index (χ3n) is 4.33. The minimum absolute atomic E-state index is 0.0448. The molecular weight excluding hydrogens is 348 g/mol. The minimum Gasteiger partial charge on any atom is -0.352 e. The second kappa shape index (κ2) is 6.90. The molecule has 0 aromatic carbocycles. The van der Waals surface area contributed by atoms with Crippen molar-refractivity contribution in [2.45, 2.75) is 25.6 Å². The molecular formula is C19H18N4S2. The smallest absolute Gasteiger partial charge is 0.170 e. The van der Waals surface area contributed by atoms with Crippen molar-refractivity contribution < 1.29 is 0 Å². The third kappa shape index (κ3) is 3.27. The van der Waals surface area contributed by atoms with Gasteiger partial charge in [0.25, 0.3) is 0 Å². The number of aryl methyl sites for hydroxylation is 1. The van der Waals surface area contributed by atoms with Gasteiger partial charge in [-0.25, -0.2) is 0 Å². The van der Waals surface area contributed by atoms with Gasteiger partial charge in [-0.15, -0.1) is 11.3 Å². The van der Waals surface area contributed by atoms with Crippen molar-refractivity contribution in [3.8, 4) is 0 Å². The Morgan fingerprint density at radius 3 is 2.76 bits per heavy atom. The quantitative estimate of drug-likeness (QED) is 0.706. The Balaban J connectivity index is 1.72. The van der Waals surface area contributed by atoms with Gasteiger partial charge in [0, 0.05) is 34.9 Å². The van der Waals surface area contributed by atoms with Gasteiger partial charge < -0.3 is 10.2 Å². The molecule has 4 heterocycles. The third-order valence-corrected chi connectivity index (χ3v) is 5.75. The summed E-state index contributed by atoms with van der Waals surface area (Å²) in [5.41, 5.74) is 2.15. The van der Waals surface area contributed by atoms with Crippen LogP contribution in [0, 0.1) is 6.92 Å². The van der Waals surface area contributed by atoms with Crippen LogP contribution in [0.25, 0.3) is 0 Å². The first-order chi connectivity index (χ1) is 12.2. The predicted octanol–water partition coefficient (Wildman–Crippen LogP) is 4.02. The largest absolute Gasteiger partial charge is 0.352 e. The topological polar surface area (TPSA) is 41.1 Å². The standard InChI is InChI=1S/C19H18N4S2/c1-13-7-8-16(25-13)18-17(15-6-2-3-10-21-15)22-19(24)23(18)12-14-5-4-9-20-11-14/h2-11,17-18H,12H2,1H3,(H,22,24)/t17-,18+/m1/s1. The van der Waals surface area contributed by atoms with Gasteiger partial charge >= 0.3 is 0 Å². The molecule has 1 aliphatic heterocycles. The van der Waals surface area contributed by atoms with E-state index in [9.17, 15) is 0 Å². The number of nitrogens with one attached hydrogen (secondary N) is 1. The normalized spacial score (nSPS) is 19.9. The molecule has 25 heavy (non-hydrogen) atoms. The number of rotatable bonds is 4. The average Bonchev–Trinajstić information content (AvgIpc) is 3.20. The van der Waals surface area contributed by atoms with E-state index in [4.69, 9.17) is 12.2 Å². The monoisotopic (exact) mass is 366 g/mol. The zero-order valence-corrected chi connectivity index (χ0v) is 15.4. The maximum absolute atomic E-state index is 5.67. The van der Waals surface area contributed by atoms with E-state index in [2.05, 4.69) is 51.4 Å². The molecule has 4 nitrogen and oxygen atoms in total. The second-order valence-corrected chi connectivity index (χ2v) is 7.77. The molecule has 0 spiro atoms. The molecule has 126 valence electrons. The van der Waals surface area contributed by atoms with Crippen LogP contribution in [0.5, 0.6) is 0 Å². The van der Waals surface area contributed by atoms with E-state index in [0.717, 1.165) is 22.9 Å². The Kier molecular flexibility index (Phi) is 4.46. The fourth-order valence-electron chi connectivity index (χ4n) is 3.19. The van der Waals surface area contributed by atoms with Crippen LogP contribution in [0.1, 0.15) is 33.1 Å². The van der Waals surface area contributed by atoms with Gasteiger partial charge in [-0.2, -0.15) is 0 Å². The number of hydrogen-bond acceptors (Lipinski definition) is 4. The van der Waals surface area contributed by atoms with E-state index in [1.165, 1.54) is 9.75 Å². The van der Waals surface area contributed by atoms with Crippen molar-refractivity contribution in [1.82, 2.24) is 20.2 Å². The first-order valence-electron chi connectivity index (χ1n) is 8.15. The van der Waals surface area contributed by atoms with Gasteiger partial charge in [0.2, 0.25) is 0 Å². The first-order valence-corrected chi connectivity index (χ1v) is 9.38. The number of aromatic nitrogens is 2. The van der Waals surface area contributed by atoms with E-state index in [1.807, 2.05) is 41.9 Å². The Hall–Kier alpha value is -2.31. The van der Waals surface area contributed by atoms with Crippen LogP contribution in [0.3, 0.4) is 0 Å². The summed E-state index contributed by atoms with van der Waals surface area (Å²) < 4.78 is 0. The van der Waals surface area contributed by atoms with Crippen LogP contribution in [0.15, 0.2) is 61.1 Å². The van der Waals surface area contributed by atoms with Gasteiger partial charge in [0.1, 0.15) is 0 Å². The molecule has 3 aromatic heterocycles. The van der Waals surface area contributed by atoms with E-state index < -0.39 is 0 Å². The Labute approximate surface area is 156 Å². The predicted molar refractivity (Wildman–Crippen MR) is 104 cm³/mol. The molecule has 0 unspecified atom stereocenters. The zero-order valence-electron chi connectivity index (χ0n) is 13.8. The molecule has 0 bridgehead atoms. The second-order valence-electron chi connectivity index (χ2n) is 6.06. The molecule has 1 aliphatic rings. The van der Waals surface area contributed by atoms with Crippen molar-refractivity contribution >= 4 is 28.7 Å². The van der Waals surface area contributed by atoms with Gasteiger partial charge in [0.15, 0.2) is 5.11 Å². The minimum atomic E-state index is 0.0448. The molecule has 1 saturated heterocycles. The van der Waals surface area contributed by atoms with Gasteiger partial charge in [0.05, 0.1) is 17.8 Å². The van der Waals surface area contributed by atoms with Crippen molar-refractivity contribution in [2.75, 3.05) is 0 Å². The Bertz CT molecular complexity index is 863. The summed E-state index contributed by atoms with van der Waals surface area (Å²) in [7, 11) is 0. The molecule has 0 saturated carbocycles. The molecule has 0 amide bonds. The molecule has 0 aliphatic carbocycles. The van der Waals surface area contributed by atoms with Crippen LogP contribution in [-0.4, -0.2) is 20.0 Å². The number of nitrogens with zero attached hydrogens (tertiary/aromatic N) is 3. The number of hydrogen-bond donors (Lipinski definition) is 1. The fraction of sp³-hybridized carbons (Fsp3) is 0.211. The number of thiocarbonyl (C=S) groups is 1. The van der Waals surface area contributed by atoms with E-state index >= 15 is 0 Å². The molecule has 3 aromatic rings. The summed E-state index contributed by atoms with van der Waals surface area (Å²) in [5, 5.41) is 4.24. The lowest BCUT2D eigenvalue weighted by atomic mass is 10.0. The lowest BCUT2D eigenvalue weighted by Crippen LogP contribution is -2.28. The van der Waals surface area contributed by atoms with Gasteiger partial charge in [-0.1, -0.05) is 12.1 Å². The maximum Gasteiger partial charge on any atom is 0.170 e. The highest BCUT2D eigenvalue weighted by atomic mass is 32.1. The molecule has 1 fully saturated rings. The zero-order chi connectivity index (χ0) is 17.2. The number of thiophene rings is 1. The molecule has 1 N–H and O–H groups in total. The van der Waals surface area contributed by atoms with E-state index in [-0.39, 0.29) is 12.1 Å². The first kappa shape index (κ1) is 16.2. The van der Waals surface area contributed by atoms with Crippen LogP contribution >= 0.6 is 23.6 Å². The summed E-state index contributed by atoms with van der Waals surface area (Å²) in [4.78, 5) is 13.6. The van der Waals surface area contributed by atoms with Crippen molar-refractivity contribution in [2.24, 2.45) is 0 Å². The highest BCUT2D eigenvalue weighted by Gasteiger charge is 2.40. The molecule has 2 atom stereocenters. The fourth-order valence-corrected chi connectivity index (χ4v) is 4.52. The van der Waals surface area contributed by atoms with Crippen LogP contribution < -0.4 is 5.32 Å². The maximum atomic E-state index is 5.67. The highest BCUT2D eigenvalue weighted by molar-refractivity contribution is 7.80. The lowest BCUT2D eigenvalue weighted by molar-refractivity contribution is 0.315. The summed E-state index contributed by atoms with van der Waals surface area (Å²) >= 11 is 7.49. The lowest BCUT2D eigenvalue weighted by Gasteiger charge is -2.26. The van der Waals surface area contributed by atoms with Gasteiger partial charge in [-0.3, -0.25) is 9.97 Å². The van der Waals surface area contributed by atoms with E-state index in [1.54, 1.807) is 6.20 Å². The Morgan fingerprint density at radius 2 is 2.08 bits per heavy atom. The molecule has 4 rings (SSSR count). The highest BCUT2D eigenvalue weighted by Crippen LogP contribution is 2.41.